The maximum atomic E-state index is 12.3. The largest absolute Gasteiger partial charge is 0.494 e. The molecule has 126 valence electrons. The number of ether oxygens (including phenoxy) is 1. The van der Waals surface area contributed by atoms with Crippen molar-refractivity contribution in [2.24, 2.45) is 0 Å². The van der Waals surface area contributed by atoms with E-state index in [0.717, 1.165) is 16.9 Å². The molecule has 3 aromatic carbocycles. The fourth-order valence-corrected chi connectivity index (χ4v) is 2.54. The first-order chi connectivity index (χ1) is 12.2. The smallest absolute Gasteiger partial charge is 0.255 e. The lowest BCUT2D eigenvalue weighted by Gasteiger charge is -2.11. The van der Waals surface area contributed by atoms with Crippen LogP contribution in [-0.2, 0) is 0 Å². The minimum Gasteiger partial charge on any atom is -0.494 e. The number of benzene rings is 3. The van der Waals surface area contributed by atoms with E-state index in [1.165, 1.54) is 0 Å². The van der Waals surface area contributed by atoms with Gasteiger partial charge < -0.3 is 15.8 Å². The van der Waals surface area contributed by atoms with Crippen LogP contribution in [0.4, 0.5) is 11.4 Å². The van der Waals surface area contributed by atoms with Crippen LogP contribution in [0.25, 0.3) is 11.1 Å². The molecule has 3 aromatic rings. The Morgan fingerprint density at radius 2 is 1.64 bits per heavy atom. The van der Waals surface area contributed by atoms with Crippen LogP contribution < -0.4 is 15.8 Å². The number of rotatable bonds is 5. The second-order valence-electron chi connectivity index (χ2n) is 5.58. The number of hydrogen-bond donors (Lipinski definition) is 2. The molecular formula is C21H20N2O2. The lowest BCUT2D eigenvalue weighted by Crippen LogP contribution is -2.13. The molecule has 3 rings (SSSR count). The Labute approximate surface area is 147 Å². The second kappa shape index (κ2) is 7.53. The summed E-state index contributed by atoms with van der Waals surface area (Å²) in [7, 11) is 0. The van der Waals surface area contributed by atoms with Crippen LogP contribution in [0.5, 0.6) is 5.75 Å². The quantitative estimate of drug-likeness (QED) is 0.672. The van der Waals surface area contributed by atoms with Gasteiger partial charge in [-0.1, -0.05) is 36.4 Å². The lowest BCUT2D eigenvalue weighted by atomic mass is 10.0. The Bertz CT molecular complexity index is 859. The normalized spacial score (nSPS) is 10.3. The summed E-state index contributed by atoms with van der Waals surface area (Å²) in [6.45, 7) is 2.59. The summed E-state index contributed by atoms with van der Waals surface area (Å²) >= 11 is 0. The summed E-state index contributed by atoms with van der Waals surface area (Å²) in [6, 6.07) is 22.5. The van der Waals surface area contributed by atoms with Crippen molar-refractivity contribution >= 4 is 17.3 Å². The molecular weight excluding hydrogens is 312 g/mol. The van der Waals surface area contributed by atoms with Gasteiger partial charge in [0.25, 0.3) is 5.91 Å². The number of nitrogens with two attached hydrogens (primary N) is 1. The Balaban J connectivity index is 1.84. The first kappa shape index (κ1) is 16.6. The van der Waals surface area contributed by atoms with Gasteiger partial charge in [0.1, 0.15) is 5.75 Å². The van der Waals surface area contributed by atoms with Crippen molar-refractivity contribution < 1.29 is 9.53 Å². The van der Waals surface area contributed by atoms with E-state index in [0.29, 0.717) is 23.5 Å². The molecule has 0 fully saturated rings. The highest BCUT2D eigenvalue weighted by molar-refractivity contribution is 6.06. The molecule has 0 aliphatic heterocycles. The molecule has 0 aliphatic carbocycles. The van der Waals surface area contributed by atoms with Crippen molar-refractivity contribution in [2.75, 3.05) is 17.7 Å². The third-order valence-electron chi connectivity index (χ3n) is 3.84. The van der Waals surface area contributed by atoms with Crippen molar-refractivity contribution in [3.63, 3.8) is 0 Å². The molecule has 1 amide bonds. The zero-order valence-corrected chi connectivity index (χ0v) is 14.0. The minimum atomic E-state index is -0.184. The van der Waals surface area contributed by atoms with Gasteiger partial charge in [0, 0.05) is 5.56 Å². The Morgan fingerprint density at radius 3 is 2.32 bits per heavy atom. The van der Waals surface area contributed by atoms with Crippen LogP contribution in [0.3, 0.4) is 0 Å². The van der Waals surface area contributed by atoms with Gasteiger partial charge in [-0.2, -0.15) is 0 Å². The summed E-state index contributed by atoms with van der Waals surface area (Å²) < 4.78 is 5.46. The third-order valence-corrected chi connectivity index (χ3v) is 3.84. The second-order valence-corrected chi connectivity index (χ2v) is 5.58. The van der Waals surface area contributed by atoms with Crippen LogP contribution in [0, 0.1) is 0 Å². The van der Waals surface area contributed by atoms with Crippen LogP contribution >= 0.6 is 0 Å². The van der Waals surface area contributed by atoms with Crippen molar-refractivity contribution in [3.8, 4) is 16.9 Å². The van der Waals surface area contributed by atoms with E-state index in [-0.39, 0.29) is 5.91 Å². The Kier molecular flexibility index (Phi) is 5.00. The number of nitrogen functional groups attached to an aromatic ring is 1. The Morgan fingerprint density at radius 1 is 0.960 bits per heavy atom. The number of nitrogens with one attached hydrogen (secondary N) is 1. The van der Waals surface area contributed by atoms with E-state index < -0.39 is 0 Å². The number of amides is 1. The molecule has 0 bridgehead atoms. The highest BCUT2D eigenvalue weighted by Gasteiger charge is 2.09. The van der Waals surface area contributed by atoms with Gasteiger partial charge in [0.2, 0.25) is 0 Å². The number of anilines is 2. The van der Waals surface area contributed by atoms with Gasteiger partial charge >= 0.3 is 0 Å². The highest BCUT2D eigenvalue weighted by Crippen LogP contribution is 2.29. The van der Waals surface area contributed by atoms with Crippen molar-refractivity contribution in [1.82, 2.24) is 0 Å². The number of carbonyl (C=O) groups excluding carboxylic acids is 1. The average molecular weight is 332 g/mol. The van der Waals surface area contributed by atoms with Crippen molar-refractivity contribution in [3.05, 3.63) is 78.4 Å². The molecule has 0 aromatic heterocycles. The fraction of sp³-hybridized carbons (Fsp3) is 0.0952. The van der Waals surface area contributed by atoms with Gasteiger partial charge in [-0.3, -0.25) is 4.79 Å². The average Bonchev–Trinajstić information content (AvgIpc) is 2.65. The third kappa shape index (κ3) is 3.98. The molecule has 0 spiro atoms. The summed E-state index contributed by atoms with van der Waals surface area (Å²) in [5.74, 6) is 0.649. The highest BCUT2D eigenvalue weighted by atomic mass is 16.5. The molecule has 0 aliphatic rings. The van der Waals surface area contributed by atoms with E-state index >= 15 is 0 Å². The van der Waals surface area contributed by atoms with Gasteiger partial charge in [0.15, 0.2) is 0 Å². The van der Waals surface area contributed by atoms with Gasteiger partial charge in [0.05, 0.1) is 18.0 Å². The van der Waals surface area contributed by atoms with Crippen LogP contribution in [0.15, 0.2) is 72.8 Å². The maximum absolute atomic E-state index is 12.3. The molecule has 0 atom stereocenters. The summed E-state index contributed by atoms with van der Waals surface area (Å²) in [5.41, 5.74) is 9.74. The minimum absolute atomic E-state index is 0.184. The first-order valence-electron chi connectivity index (χ1n) is 8.16. The van der Waals surface area contributed by atoms with Gasteiger partial charge in [-0.25, -0.2) is 0 Å². The van der Waals surface area contributed by atoms with Gasteiger partial charge in [-0.05, 0) is 54.4 Å². The molecule has 0 radical (unpaired) electrons. The number of carbonyl (C=O) groups is 1. The van der Waals surface area contributed by atoms with Crippen LogP contribution in [0.1, 0.15) is 17.3 Å². The van der Waals surface area contributed by atoms with Gasteiger partial charge in [-0.15, -0.1) is 0 Å². The van der Waals surface area contributed by atoms with E-state index in [2.05, 4.69) is 5.32 Å². The zero-order chi connectivity index (χ0) is 17.6. The standard InChI is InChI=1S/C21H20N2O2/c1-2-25-18-11-8-15(9-12-18)17-10-13-19(22)20(14-17)23-21(24)16-6-4-3-5-7-16/h3-14H,2,22H2,1H3,(H,23,24). The predicted molar refractivity (Wildman–Crippen MR) is 102 cm³/mol. The van der Waals surface area contributed by atoms with E-state index in [9.17, 15) is 4.79 Å². The molecule has 0 saturated heterocycles. The molecule has 3 N–H and O–H groups in total. The number of hydrogen-bond acceptors (Lipinski definition) is 3. The fourth-order valence-electron chi connectivity index (χ4n) is 2.54. The van der Waals surface area contributed by atoms with Crippen molar-refractivity contribution in [2.45, 2.75) is 6.92 Å². The zero-order valence-electron chi connectivity index (χ0n) is 14.0. The molecule has 0 heterocycles. The first-order valence-corrected chi connectivity index (χ1v) is 8.16. The summed E-state index contributed by atoms with van der Waals surface area (Å²) in [6.07, 6.45) is 0. The molecule has 0 saturated carbocycles. The Hall–Kier alpha value is -3.27. The predicted octanol–water partition coefficient (Wildman–Crippen LogP) is 4.59. The SMILES string of the molecule is CCOc1ccc(-c2ccc(N)c(NC(=O)c3ccccc3)c2)cc1. The molecule has 4 heteroatoms. The summed E-state index contributed by atoms with van der Waals surface area (Å²) in [4.78, 5) is 12.3. The van der Waals surface area contributed by atoms with Crippen LogP contribution in [0.2, 0.25) is 0 Å². The van der Waals surface area contributed by atoms with E-state index in [1.54, 1.807) is 18.2 Å². The summed E-state index contributed by atoms with van der Waals surface area (Å²) in [5, 5.41) is 2.88. The van der Waals surface area contributed by atoms with Crippen molar-refractivity contribution in [1.29, 1.82) is 0 Å². The van der Waals surface area contributed by atoms with E-state index in [4.69, 9.17) is 10.5 Å². The van der Waals surface area contributed by atoms with Crippen LogP contribution in [-0.4, -0.2) is 12.5 Å². The lowest BCUT2D eigenvalue weighted by molar-refractivity contribution is 0.102. The molecule has 0 unspecified atom stereocenters. The van der Waals surface area contributed by atoms with E-state index in [1.807, 2.05) is 61.5 Å². The monoisotopic (exact) mass is 332 g/mol. The topological polar surface area (TPSA) is 64.3 Å². The molecule has 25 heavy (non-hydrogen) atoms. The maximum Gasteiger partial charge on any atom is 0.255 e. The molecule has 4 nitrogen and oxygen atoms in total.